The molecule has 1 aromatic heterocycles. The zero-order chi connectivity index (χ0) is 9.59. The minimum Gasteiger partial charge on any atom is -0.241 e. The molecule has 2 aromatic rings. The fourth-order valence-corrected chi connectivity index (χ4v) is 4.51. The van der Waals surface area contributed by atoms with E-state index in [0.717, 1.165) is 10.5 Å². The zero-order valence-corrected chi connectivity index (χ0v) is 13.9. The van der Waals surface area contributed by atoms with Crippen LogP contribution in [-0.2, 0) is 0 Å². The molecule has 0 saturated heterocycles. The lowest BCUT2D eigenvalue weighted by molar-refractivity contribution is 1.34. The minimum atomic E-state index is 1.14. The molecule has 0 unspecified atom stereocenters. The summed E-state index contributed by atoms with van der Waals surface area (Å²) in [5.74, 6) is 0. The predicted molar refractivity (Wildman–Crippen MR) is 82.5 cm³/mol. The lowest BCUT2D eigenvalue weighted by Crippen LogP contribution is -1.85. The summed E-state index contributed by atoms with van der Waals surface area (Å²) in [6.45, 7) is 2.06. The average Bonchev–Trinajstić information content (AvgIpc) is 2.42. The van der Waals surface area contributed by atoms with E-state index in [1.807, 2.05) is 0 Å². The van der Waals surface area contributed by atoms with E-state index in [9.17, 15) is 0 Å². The SMILES string of the molecule is Cc1nc2cc(I)c(I)c(I)c2s1. The summed E-state index contributed by atoms with van der Waals surface area (Å²) < 4.78 is 5.30. The molecule has 0 radical (unpaired) electrons. The number of thiazole rings is 1. The second kappa shape index (κ2) is 4.05. The molecule has 0 saturated carbocycles. The predicted octanol–water partition coefficient (Wildman–Crippen LogP) is 4.42. The van der Waals surface area contributed by atoms with Crippen LogP contribution in [-0.4, -0.2) is 4.98 Å². The van der Waals surface area contributed by atoms with E-state index in [0.29, 0.717) is 0 Å². The summed E-state index contributed by atoms with van der Waals surface area (Å²) in [4.78, 5) is 4.48. The molecule has 1 heterocycles. The molecule has 0 bridgehead atoms. The summed E-state index contributed by atoms with van der Waals surface area (Å²) >= 11 is 8.92. The van der Waals surface area contributed by atoms with Crippen molar-refractivity contribution in [1.82, 2.24) is 4.98 Å². The van der Waals surface area contributed by atoms with Gasteiger partial charge < -0.3 is 0 Å². The van der Waals surface area contributed by atoms with Gasteiger partial charge in [-0.15, -0.1) is 11.3 Å². The van der Waals surface area contributed by atoms with E-state index in [4.69, 9.17) is 0 Å². The van der Waals surface area contributed by atoms with Crippen LogP contribution in [0.4, 0.5) is 0 Å². The summed E-state index contributed by atoms with van der Waals surface area (Å²) in [5.41, 5.74) is 1.14. The Labute approximate surface area is 121 Å². The van der Waals surface area contributed by atoms with E-state index in [-0.39, 0.29) is 0 Å². The molecule has 13 heavy (non-hydrogen) atoms. The first-order valence-electron chi connectivity index (χ1n) is 3.50. The number of hydrogen-bond acceptors (Lipinski definition) is 2. The van der Waals surface area contributed by atoms with Crippen molar-refractivity contribution in [2.24, 2.45) is 0 Å². The highest BCUT2D eigenvalue weighted by Crippen LogP contribution is 2.32. The van der Waals surface area contributed by atoms with Crippen molar-refractivity contribution >= 4 is 89.3 Å². The maximum atomic E-state index is 4.48. The number of aryl methyl sites for hydroxylation is 1. The van der Waals surface area contributed by atoms with Gasteiger partial charge in [0.15, 0.2) is 0 Å². The Morgan fingerprint density at radius 2 is 1.92 bits per heavy atom. The molecular formula is C8H4I3NS. The number of hydrogen-bond donors (Lipinski definition) is 0. The first kappa shape index (κ1) is 10.8. The second-order valence-electron chi connectivity index (χ2n) is 2.57. The van der Waals surface area contributed by atoms with Crippen LogP contribution in [0.2, 0.25) is 0 Å². The van der Waals surface area contributed by atoms with E-state index in [1.54, 1.807) is 11.3 Å². The smallest absolute Gasteiger partial charge is 0.0908 e. The van der Waals surface area contributed by atoms with Crippen LogP contribution < -0.4 is 0 Å². The van der Waals surface area contributed by atoms with Crippen LogP contribution >= 0.6 is 79.1 Å². The lowest BCUT2D eigenvalue weighted by Gasteiger charge is -1.99. The Morgan fingerprint density at radius 1 is 1.23 bits per heavy atom. The summed E-state index contributed by atoms with van der Waals surface area (Å²) in [5, 5.41) is 1.14. The van der Waals surface area contributed by atoms with Gasteiger partial charge in [0.1, 0.15) is 0 Å². The molecule has 0 aliphatic heterocycles. The number of nitrogens with zero attached hydrogens (tertiary/aromatic N) is 1. The molecule has 0 aliphatic carbocycles. The van der Waals surface area contributed by atoms with Gasteiger partial charge in [0.05, 0.1) is 15.2 Å². The van der Waals surface area contributed by atoms with Crippen LogP contribution in [0.1, 0.15) is 5.01 Å². The second-order valence-corrected chi connectivity index (χ2v) is 7.09. The molecular weight excluding hydrogens is 523 g/mol. The summed E-state index contributed by atoms with van der Waals surface area (Å²) in [7, 11) is 0. The van der Waals surface area contributed by atoms with E-state index in [1.165, 1.54) is 15.4 Å². The minimum absolute atomic E-state index is 1.14. The Kier molecular flexibility index (Phi) is 3.36. The number of rotatable bonds is 0. The Morgan fingerprint density at radius 3 is 2.62 bits per heavy atom. The first-order valence-corrected chi connectivity index (χ1v) is 7.55. The maximum Gasteiger partial charge on any atom is 0.0908 e. The molecule has 0 aliphatic rings. The molecule has 1 nitrogen and oxygen atoms in total. The molecule has 2 rings (SSSR count). The molecule has 0 spiro atoms. The monoisotopic (exact) mass is 527 g/mol. The third-order valence-corrected chi connectivity index (χ3v) is 8.11. The van der Waals surface area contributed by atoms with Gasteiger partial charge in [0, 0.05) is 10.7 Å². The topological polar surface area (TPSA) is 12.9 Å². The Balaban J connectivity index is 2.92. The van der Waals surface area contributed by atoms with Crippen molar-refractivity contribution < 1.29 is 0 Å². The van der Waals surface area contributed by atoms with Crippen molar-refractivity contribution in [3.05, 3.63) is 21.8 Å². The maximum absolute atomic E-state index is 4.48. The van der Waals surface area contributed by atoms with Gasteiger partial charge in [-0.1, -0.05) is 0 Å². The number of fused-ring (bicyclic) bond motifs is 1. The van der Waals surface area contributed by atoms with Gasteiger partial charge >= 0.3 is 0 Å². The van der Waals surface area contributed by atoms with Crippen molar-refractivity contribution in [1.29, 1.82) is 0 Å². The molecule has 68 valence electrons. The van der Waals surface area contributed by atoms with Crippen LogP contribution in [0.15, 0.2) is 6.07 Å². The molecule has 0 amide bonds. The van der Waals surface area contributed by atoms with Gasteiger partial charge in [0.2, 0.25) is 0 Å². The van der Waals surface area contributed by atoms with E-state index >= 15 is 0 Å². The zero-order valence-electron chi connectivity index (χ0n) is 6.57. The van der Waals surface area contributed by atoms with Crippen LogP contribution in [0.3, 0.4) is 0 Å². The van der Waals surface area contributed by atoms with E-state index < -0.39 is 0 Å². The van der Waals surface area contributed by atoms with Crippen molar-refractivity contribution in [3.8, 4) is 0 Å². The summed E-state index contributed by atoms with van der Waals surface area (Å²) in [6, 6.07) is 2.16. The quantitative estimate of drug-likeness (QED) is 0.366. The van der Waals surface area contributed by atoms with Crippen LogP contribution in [0, 0.1) is 17.6 Å². The number of halogens is 3. The van der Waals surface area contributed by atoms with Crippen LogP contribution in [0.25, 0.3) is 10.2 Å². The normalized spacial score (nSPS) is 11.1. The molecule has 0 fully saturated rings. The third kappa shape index (κ3) is 1.98. The molecule has 0 N–H and O–H groups in total. The standard InChI is InChI=1S/C8H4I3NS/c1-3-12-5-2-4(9)6(10)7(11)8(5)13-3/h2H,1H3. The Bertz CT molecular complexity index is 478. The van der Waals surface area contributed by atoms with Crippen molar-refractivity contribution in [3.63, 3.8) is 0 Å². The van der Waals surface area contributed by atoms with Gasteiger partial charge in [-0.25, -0.2) is 4.98 Å². The highest BCUT2D eigenvalue weighted by Gasteiger charge is 2.10. The number of aromatic nitrogens is 1. The largest absolute Gasteiger partial charge is 0.241 e. The highest BCUT2D eigenvalue weighted by molar-refractivity contribution is 14.1. The lowest BCUT2D eigenvalue weighted by atomic mass is 10.3. The van der Waals surface area contributed by atoms with Gasteiger partial charge in [-0.2, -0.15) is 0 Å². The fraction of sp³-hybridized carbons (Fsp3) is 0.125. The highest BCUT2D eigenvalue weighted by atomic mass is 127. The average molecular weight is 527 g/mol. The first-order chi connectivity index (χ1) is 6.09. The Hall–Kier alpha value is 1.30. The van der Waals surface area contributed by atoms with Gasteiger partial charge in [-0.05, 0) is 80.8 Å². The molecule has 5 heteroatoms. The van der Waals surface area contributed by atoms with Crippen LogP contribution in [0.5, 0.6) is 0 Å². The van der Waals surface area contributed by atoms with Gasteiger partial charge in [0.25, 0.3) is 0 Å². The molecule has 0 atom stereocenters. The fourth-order valence-electron chi connectivity index (χ4n) is 1.09. The third-order valence-electron chi connectivity index (χ3n) is 1.63. The van der Waals surface area contributed by atoms with Crippen molar-refractivity contribution in [2.75, 3.05) is 0 Å². The molecule has 1 aromatic carbocycles. The summed E-state index contributed by atoms with van der Waals surface area (Å²) in [6.07, 6.45) is 0. The van der Waals surface area contributed by atoms with Gasteiger partial charge in [-0.3, -0.25) is 0 Å². The van der Waals surface area contributed by atoms with E-state index in [2.05, 4.69) is 85.7 Å². The number of benzene rings is 1. The van der Waals surface area contributed by atoms with Crippen molar-refractivity contribution in [2.45, 2.75) is 6.92 Å².